The van der Waals surface area contributed by atoms with Gasteiger partial charge in [0.15, 0.2) is 6.10 Å². The fourth-order valence-electron chi connectivity index (χ4n) is 2.34. The molecule has 100 valence electrons. The number of aromatic nitrogens is 4. The van der Waals surface area contributed by atoms with Gasteiger partial charge in [-0.15, -0.1) is 0 Å². The first kappa shape index (κ1) is 11.2. The Bertz CT molecular complexity index is 737. The maximum Gasteiger partial charge on any atom is 0.268 e. The SMILES string of the molecule is Cn1cc(-c2noc([C@@H]3Cc4ccccc4O3)n2)cn1. The van der Waals surface area contributed by atoms with Crippen molar-refractivity contribution >= 4 is 0 Å². The molecule has 0 saturated heterocycles. The van der Waals surface area contributed by atoms with E-state index in [9.17, 15) is 0 Å². The average Bonchev–Trinajstić information content (AvgIpc) is 3.16. The van der Waals surface area contributed by atoms with Crippen LogP contribution in [0, 0.1) is 0 Å². The lowest BCUT2D eigenvalue weighted by Crippen LogP contribution is -2.03. The average molecular weight is 268 g/mol. The van der Waals surface area contributed by atoms with Crippen molar-refractivity contribution in [2.75, 3.05) is 0 Å². The van der Waals surface area contributed by atoms with Crippen molar-refractivity contribution in [3.63, 3.8) is 0 Å². The first-order valence-electron chi connectivity index (χ1n) is 6.37. The zero-order valence-electron chi connectivity index (χ0n) is 10.9. The van der Waals surface area contributed by atoms with Gasteiger partial charge in [0.2, 0.25) is 5.82 Å². The fraction of sp³-hybridized carbons (Fsp3) is 0.214. The van der Waals surface area contributed by atoms with E-state index in [0.717, 1.165) is 17.7 Å². The van der Waals surface area contributed by atoms with Crippen molar-refractivity contribution in [1.29, 1.82) is 0 Å². The molecule has 0 N–H and O–H groups in total. The molecule has 1 atom stereocenters. The molecular weight excluding hydrogens is 256 g/mol. The van der Waals surface area contributed by atoms with Gasteiger partial charge in [0, 0.05) is 19.7 Å². The molecule has 1 aliphatic heterocycles. The van der Waals surface area contributed by atoms with Crippen LogP contribution in [-0.4, -0.2) is 19.9 Å². The van der Waals surface area contributed by atoms with Gasteiger partial charge in [-0.3, -0.25) is 4.68 Å². The summed E-state index contributed by atoms with van der Waals surface area (Å²) < 4.78 is 12.9. The molecule has 3 heterocycles. The lowest BCUT2D eigenvalue weighted by atomic mass is 10.1. The highest BCUT2D eigenvalue weighted by molar-refractivity contribution is 5.51. The molecule has 4 rings (SSSR count). The van der Waals surface area contributed by atoms with Gasteiger partial charge in [0.1, 0.15) is 5.75 Å². The first-order valence-corrected chi connectivity index (χ1v) is 6.37. The highest BCUT2D eigenvalue weighted by atomic mass is 16.5. The van der Waals surface area contributed by atoms with Crippen LogP contribution in [-0.2, 0) is 13.5 Å². The molecule has 0 bridgehead atoms. The van der Waals surface area contributed by atoms with Crippen LogP contribution in [0.25, 0.3) is 11.4 Å². The van der Waals surface area contributed by atoms with Crippen molar-refractivity contribution in [1.82, 2.24) is 19.9 Å². The van der Waals surface area contributed by atoms with Crippen molar-refractivity contribution < 1.29 is 9.26 Å². The van der Waals surface area contributed by atoms with E-state index in [2.05, 4.69) is 15.2 Å². The number of hydrogen-bond acceptors (Lipinski definition) is 5. The summed E-state index contributed by atoms with van der Waals surface area (Å²) in [6.45, 7) is 0. The van der Waals surface area contributed by atoms with Gasteiger partial charge in [-0.25, -0.2) is 0 Å². The van der Waals surface area contributed by atoms with E-state index in [0.29, 0.717) is 11.7 Å². The first-order chi connectivity index (χ1) is 9.79. The zero-order chi connectivity index (χ0) is 13.5. The normalized spacial score (nSPS) is 16.9. The number of ether oxygens (including phenoxy) is 1. The van der Waals surface area contributed by atoms with Gasteiger partial charge in [-0.05, 0) is 11.6 Å². The summed E-state index contributed by atoms with van der Waals surface area (Å²) >= 11 is 0. The second-order valence-electron chi connectivity index (χ2n) is 4.78. The van der Waals surface area contributed by atoms with E-state index < -0.39 is 0 Å². The molecular formula is C14H12N4O2. The summed E-state index contributed by atoms with van der Waals surface area (Å²) in [6.07, 6.45) is 4.10. The Labute approximate surface area is 115 Å². The van der Waals surface area contributed by atoms with Crippen LogP contribution < -0.4 is 4.74 Å². The molecule has 3 aromatic rings. The van der Waals surface area contributed by atoms with Crippen molar-refractivity contribution in [3.8, 4) is 17.1 Å². The third-order valence-corrected chi connectivity index (χ3v) is 3.33. The molecule has 0 fully saturated rings. The van der Waals surface area contributed by atoms with Crippen LogP contribution in [0.5, 0.6) is 5.75 Å². The van der Waals surface area contributed by atoms with E-state index in [4.69, 9.17) is 9.26 Å². The maximum atomic E-state index is 5.83. The summed E-state index contributed by atoms with van der Waals surface area (Å²) in [5.74, 6) is 1.92. The van der Waals surface area contributed by atoms with E-state index in [-0.39, 0.29) is 6.10 Å². The number of fused-ring (bicyclic) bond motifs is 1. The Balaban J connectivity index is 1.61. The van der Waals surface area contributed by atoms with E-state index in [1.54, 1.807) is 10.9 Å². The molecule has 20 heavy (non-hydrogen) atoms. The molecule has 0 amide bonds. The number of hydrogen-bond donors (Lipinski definition) is 0. The van der Waals surface area contributed by atoms with Gasteiger partial charge in [-0.2, -0.15) is 10.1 Å². The zero-order valence-corrected chi connectivity index (χ0v) is 10.9. The number of nitrogens with zero attached hydrogens (tertiary/aromatic N) is 4. The van der Waals surface area contributed by atoms with Crippen LogP contribution in [0.2, 0.25) is 0 Å². The molecule has 0 radical (unpaired) electrons. The van der Waals surface area contributed by atoms with Gasteiger partial charge in [0.05, 0.1) is 11.8 Å². The topological polar surface area (TPSA) is 66.0 Å². The predicted octanol–water partition coefficient (Wildman–Crippen LogP) is 2.15. The Kier molecular flexibility index (Phi) is 2.35. The number of para-hydroxylation sites is 1. The van der Waals surface area contributed by atoms with Crippen molar-refractivity contribution in [2.45, 2.75) is 12.5 Å². The lowest BCUT2D eigenvalue weighted by molar-refractivity contribution is 0.183. The summed E-state index contributed by atoms with van der Waals surface area (Å²) in [5.41, 5.74) is 2.00. The molecule has 0 unspecified atom stereocenters. The van der Waals surface area contributed by atoms with Crippen molar-refractivity contribution in [3.05, 3.63) is 48.1 Å². The second kappa shape index (κ2) is 4.19. The largest absolute Gasteiger partial charge is 0.480 e. The van der Waals surface area contributed by atoms with E-state index in [1.807, 2.05) is 37.5 Å². The monoisotopic (exact) mass is 268 g/mol. The van der Waals surface area contributed by atoms with Crippen LogP contribution in [0.1, 0.15) is 17.6 Å². The summed E-state index contributed by atoms with van der Waals surface area (Å²) in [6, 6.07) is 7.96. The van der Waals surface area contributed by atoms with Gasteiger partial charge in [-0.1, -0.05) is 23.4 Å². The van der Waals surface area contributed by atoms with Crippen molar-refractivity contribution in [2.24, 2.45) is 7.05 Å². The molecule has 0 saturated carbocycles. The Morgan fingerprint density at radius 1 is 1.30 bits per heavy atom. The van der Waals surface area contributed by atoms with Gasteiger partial charge >= 0.3 is 0 Å². The van der Waals surface area contributed by atoms with Gasteiger partial charge in [0.25, 0.3) is 5.89 Å². The molecule has 1 aromatic carbocycles. The minimum atomic E-state index is -0.203. The highest BCUT2D eigenvalue weighted by Gasteiger charge is 2.29. The number of benzene rings is 1. The fourth-order valence-corrected chi connectivity index (χ4v) is 2.34. The van der Waals surface area contributed by atoms with Crippen LogP contribution in [0.4, 0.5) is 0 Å². The highest BCUT2D eigenvalue weighted by Crippen LogP contribution is 2.36. The quantitative estimate of drug-likeness (QED) is 0.712. The number of rotatable bonds is 2. The smallest absolute Gasteiger partial charge is 0.268 e. The molecule has 6 heteroatoms. The molecule has 0 spiro atoms. The van der Waals surface area contributed by atoms with Crippen LogP contribution in [0.15, 0.2) is 41.2 Å². The third kappa shape index (κ3) is 1.77. The summed E-state index contributed by atoms with van der Waals surface area (Å²) in [5, 5.41) is 8.08. The summed E-state index contributed by atoms with van der Waals surface area (Å²) in [4.78, 5) is 4.40. The molecule has 6 nitrogen and oxygen atoms in total. The number of aryl methyl sites for hydroxylation is 1. The lowest BCUT2D eigenvalue weighted by Gasteiger charge is -2.03. The van der Waals surface area contributed by atoms with Crippen LogP contribution >= 0.6 is 0 Å². The van der Waals surface area contributed by atoms with E-state index in [1.165, 1.54) is 5.56 Å². The Morgan fingerprint density at radius 2 is 2.20 bits per heavy atom. The summed E-state index contributed by atoms with van der Waals surface area (Å²) in [7, 11) is 1.85. The predicted molar refractivity (Wildman–Crippen MR) is 70.0 cm³/mol. The third-order valence-electron chi connectivity index (χ3n) is 3.33. The molecule has 0 aliphatic carbocycles. The van der Waals surface area contributed by atoms with Crippen LogP contribution in [0.3, 0.4) is 0 Å². The Morgan fingerprint density at radius 3 is 3.00 bits per heavy atom. The molecule has 1 aliphatic rings. The Hall–Kier alpha value is -2.63. The van der Waals surface area contributed by atoms with Gasteiger partial charge < -0.3 is 9.26 Å². The minimum Gasteiger partial charge on any atom is -0.480 e. The minimum absolute atomic E-state index is 0.203. The van der Waals surface area contributed by atoms with E-state index >= 15 is 0 Å². The maximum absolute atomic E-state index is 5.83. The standard InChI is InChI=1S/C14H12N4O2/c1-18-8-10(7-15-18)13-16-14(20-17-13)12-6-9-4-2-3-5-11(9)19-12/h2-5,7-8,12H,6H2,1H3/t12-/m0/s1. The molecule has 2 aromatic heterocycles. The second-order valence-corrected chi connectivity index (χ2v) is 4.78.